The molecule has 1 aromatic rings. The Hall–Kier alpha value is -1.39. The van der Waals surface area contributed by atoms with Crippen LogP contribution in [0.3, 0.4) is 0 Å². The molecule has 1 saturated heterocycles. The lowest BCUT2D eigenvalue weighted by Gasteiger charge is -2.39. The third kappa shape index (κ3) is 2.83. The van der Waals surface area contributed by atoms with Crippen LogP contribution in [-0.2, 0) is 16.0 Å². The fraction of sp³-hybridized carbons (Fsp3) is 0.588. The van der Waals surface area contributed by atoms with Gasteiger partial charge in [-0.1, -0.05) is 18.2 Å². The Morgan fingerprint density at radius 1 is 1.24 bits per heavy atom. The number of fused-ring (bicyclic) bond motifs is 1. The first-order valence-electron chi connectivity index (χ1n) is 7.85. The Morgan fingerprint density at radius 2 is 1.90 bits per heavy atom. The molecule has 1 aromatic carbocycles. The molecule has 3 rings (SSSR count). The third-order valence-corrected chi connectivity index (χ3v) is 4.51. The van der Waals surface area contributed by atoms with E-state index in [-0.39, 0.29) is 24.2 Å². The van der Waals surface area contributed by atoms with E-state index in [1.54, 1.807) is 0 Å². The minimum atomic E-state index is -0.0926. The van der Waals surface area contributed by atoms with E-state index in [4.69, 9.17) is 4.74 Å². The van der Waals surface area contributed by atoms with Crippen LogP contribution in [-0.4, -0.2) is 48.7 Å². The van der Waals surface area contributed by atoms with Crippen molar-refractivity contribution in [2.45, 2.75) is 45.4 Å². The van der Waals surface area contributed by atoms with Gasteiger partial charge < -0.3 is 9.64 Å². The minimum Gasteiger partial charge on any atom is -0.373 e. The summed E-state index contributed by atoms with van der Waals surface area (Å²) in [5.74, 6) is 0.209. The molecular weight excluding hydrogens is 264 g/mol. The number of morpholine rings is 1. The summed E-state index contributed by atoms with van der Waals surface area (Å²) in [7, 11) is 0. The first kappa shape index (κ1) is 14.5. The maximum absolute atomic E-state index is 12.9. The zero-order valence-corrected chi connectivity index (χ0v) is 13.1. The zero-order valence-electron chi connectivity index (χ0n) is 13.1. The highest BCUT2D eigenvalue weighted by atomic mass is 16.5. The summed E-state index contributed by atoms with van der Waals surface area (Å²) in [5, 5.41) is 0. The molecule has 0 aromatic heterocycles. The lowest BCUT2D eigenvalue weighted by molar-refractivity contribution is -0.129. The van der Waals surface area contributed by atoms with Crippen LogP contribution < -0.4 is 4.90 Å². The summed E-state index contributed by atoms with van der Waals surface area (Å²) < 4.78 is 5.76. The number of para-hydroxylation sites is 1. The molecule has 0 saturated carbocycles. The van der Waals surface area contributed by atoms with Gasteiger partial charge in [0.2, 0.25) is 5.91 Å². The largest absolute Gasteiger partial charge is 0.373 e. The first-order valence-corrected chi connectivity index (χ1v) is 7.85. The van der Waals surface area contributed by atoms with Gasteiger partial charge in [-0.05, 0) is 38.8 Å². The maximum atomic E-state index is 12.9. The van der Waals surface area contributed by atoms with E-state index in [1.807, 2.05) is 24.0 Å². The maximum Gasteiger partial charge on any atom is 0.244 e. The van der Waals surface area contributed by atoms with Crippen molar-refractivity contribution < 1.29 is 9.53 Å². The normalized spacial score (nSPS) is 27.5. The quantitative estimate of drug-likeness (QED) is 0.835. The molecule has 114 valence electrons. The van der Waals surface area contributed by atoms with E-state index >= 15 is 0 Å². The second-order valence-electron chi connectivity index (χ2n) is 6.26. The zero-order chi connectivity index (χ0) is 15.0. The number of anilines is 1. The summed E-state index contributed by atoms with van der Waals surface area (Å²) in [6.07, 6.45) is 1.34. The van der Waals surface area contributed by atoms with Crippen LogP contribution in [0.1, 0.15) is 26.3 Å². The van der Waals surface area contributed by atoms with E-state index in [0.717, 1.165) is 31.7 Å². The van der Waals surface area contributed by atoms with E-state index in [1.165, 1.54) is 5.56 Å². The second kappa shape index (κ2) is 5.78. The predicted octanol–water partition coefficient (Wildman–Crippen LogP) is 2.07. The Bertz CT molecular complexity index is 521. The van der Waals surface area contributed by atoms with Gasteiger partial charge in [0.1, 0.15) is 0 Å². The fourth-order valence-electron chi connectivity index (χ4n) is 3.48. The molecule has 3 unspecified atom stereocenters. The number of carbonyl (C=O) groups excluding carboxylic acids is 1. The highest BCUT2D eigenvalue weighted by molar-refractivity contribution is 5.98. The second-order valence-corrected chi connectivity index (χ2v) is 6.26. The number of rotatable bonds is 2. The number of benzene rings is 1. The Balaban J connectivity index is 1.74. The van der Waals surface area contributed by atoms with Gasteiger partial charge in [0.15, 0.2) is 0 Å². The Labute approximate surface area is 126 Å². The van der Waals surface area contributed by atoms with Gasteiger partial charge in [0.05, 0.1) is 18.2 Å². The summed E-state index contributed by atoms with van der Waals surface area (Å²) in [6, 6.07) is 8.13. The highest BCUT2D eigenvalue weighted by Gasteiger charge is 2.34. The molecule has 0 radical (unpaired) electrons. The van der Waals surface area contributed by atoms with Crippen LogP contribution in [0.25, 0.3) is 0 Å². The summed E-state index contributed by atoms with van der Waals surface area (Å²) >= 11 is 0. The average Bonchev–Trinajstić information content (AvgIpc) is 2.88. The lowest BCUT2D eigenvalue weighted by atomic mass is 10.1. The molecule has 0 aliphatic carbocycles. The van der Waals surface area contributed by atoms with Gasteiger partial charge in [-0.3, -0.25) is 9.69 Å². The van der Waals surface area contributed by atoms with Gasteiger partial charge in [0, 0.05) is 25.3 Å². The van der Waals surface area contributed by atoms with E-state index < -0.39 is 0 Å². The van der Waals surface area contributed by atoms with E-state index in [9.17, 15) is 4.79 Å². The van der Waals surface area contributed by atoms with Crippen LogP contribution >= 0.6 is 0 Å². The van der Waals surface area contributed by atoms with Gasteiger partial charge >= 0.3 is 0 Å². The van der Waals surface area contributed by atoms with Gasteiger partial charge in [-0.25, -0.2) is 0 Å². The molecule has 0 N–H and O–H groups in total. The number of carbonyl (C=O) groups is 1. The van der Waals surface area contributed by atoms with Crippen molar-refractivity contribution >= 4 is 11.6 Å². The smallest absolute Gasteiger partial charge is 0.244 e. The Morgan fingerprint density at radius 3 is 2.62 bits per heavy atom. The lowest BCUT2D eigenvalue weighted by Crippen LogP contribution is -2.54. The van der Waals surface area contributed by atoms with Crippen LogP contribution in [0.4, 0.5) is 5.69 Å². The molecule has 4 nitrogen and oxygen atoms in total. The summed E-state index contributed by atoms with van der Waals surface area (Å²) in [4.78, 5) is 17.1. The van der Waals surface area contributed by atoms with Gasteiger partial charge in [-0.2, -0.15) is 0 Å². The van der Waals surface area contributed by atoms with Crippen molar-refractivity contribution in [3.8, 4) is 0 Å². The topological polar surface area (TPSA) is 32.8 Å². The molecule has 0 bridgehead atoms. The van der Waals surface area contributed by atoms with Gasteiger partial charge in [0.25, 0.3) is 0 Å². The van der Waals surface area contributed by atoms with Crippen molar-refractivity contribution in [3.63, 3.8) is 0 Å². The number of hydrogen-bond donors (Lipinski definition) is 0. The van der Waals surface area contributed by atoms with E-state index in [2.05, 4.69) is 30.9 Å². The van der Waals surface area contributed by atoms with Gasteiger partial charge in [-0.15, -0.1) is 0 Å². The Kier molecular flexibility index (Phi) is 4.00. The average molecular weight is 288 g/mol. The SMILES string of the molecule is CC1CN(C(C)C(=O)N2CCc3ccccc32)CC(C)O1. The highest BCUT2D eigenvalue weighted by Crippen LogP contribution is 2.28. The molecule has 4 heteroatoms. The molecular formula is C17H24N2O2. The molecule has 0 spiro atoms. The van der Waals surface area contributed by atoms with Crippen molar-refractivity contribution in [2.24, 2.45) is 0 Å². The molecule has 3 atom stereocenters. The number of amides is 1. The fourth-order valence-corrected chi connectivity index (χ4v) is 3.48. The monoisotopic (exact) mass is 288 g/mol. The van der Waals surface area contributed by atoms with Crippen molar-refractivity contribution in [3.05, 3.63) is 29.8 Å². The molecule has 1 fully saturated rings. The molecule has 2 aliphatic heterocycles. The minimum absolute atomic E-state index is 0.0926. The summed E-state index contributed by atoms with van der Waals surface area (Å²) in [6.45, 7) is 8.63. The number of ether oxygens (including phenoxy) is 1. The first-order chi connectivity index (χ1) is 10.1. The van der Waals surface area contributed by atoms with Crippen LogP contribution in [0.2, 0.25) is 0 Å². The summed E-state index contributed by atoms with van der Waals surface area (Å²) in [5.41, 5.74) is 2.37. The predicted molar refractivity (Wildman–Crippen MR) is 83.5 cm³/mol. The number of hydrogen-bond acceptors (Lipinski definition) is 3. The third-order valence-electron chi connectivity index (χ3n) is 4.51. The molecule has 1 amide bonds. The standard InChI is InChI=1S/C17H24N2O2/c1-12-10-18(11-13(2)21-12)14(3)17(20)19-9-8-15-6-4-5-7-16(15)19/h4-7,12-14H,8-11H2,1-3H3. The van der Waals surface area contributed by atoms with Crippen LogP contribution in [0, 0.1) is 0 Å². The molecule has 2 heterocycles. The van der Waals surface area contributed by atoms with Crippen LogP contribution in [0.5, 0.6) is 0 Å². The van der Waals surface area contributed by atoms with Crippen molar-refractivity contribution in [1.29, 1.82) is 0 Å². The number of nitrogens with zero attached hydrogens (tertiary/aromatic N) is 2. The molecule has 2 aliphatic rings. The van der Waals surface area contributed by atoms with Crippen LogP contribution in [0.15, 0.2) is 24.3 Å². The van der Waals surface area contributed by atoms with E-state index in [0.29, 0.717) is 0 Å². The molecule has 21 heavy (non-hydrogen) atoms. The van der Waals surface area contributed by atoms with Crippen molar-refractivity contribution in [2.75, 3.05) is 24.5 Å². The van der Waals surface area contributed by atoms with Crippen molar-refractivity contribution in [1.82, 2.24) is 4.90 Å².